The van der Waals surface area contributed by atoms with Crippen LogP contribution in [-0.4, -0.2) is 39.0 Å². The molecule has 0 radical (unpaired) electrons. The van der Waals surface area contributed by atoms with Crippen LogP contribution in [0.5, 0.6) is 0 Å². The molecular weight excluding hydrogens is 397 g/mol. The van der Waals surface area contributed by atoms with Crippen molar-refractivity contribution in [2.45, 2.75) is 19.4 Å². The minimum atomic E-state index is -0.877. The predicted molar refractivity (Wildman–Crippen MR) is 112 cm³/mol. The average Bonchev–Trinajstić information content (AvgIpc) is 3.11. The van der Waals surface area contributed by atoms with Crippen LogP contribution >= 0.6 is 23.2 Å². The molecule has 144 valence electrons. The molecule has 3 aromatic rings. The third kappa shape index (κ3) is 3.48. The lowest BCUT2D eigenvalue weighted by Crippen LogP contribution is -2.33. The van der Waals surface area contributed by atoms with Crippen molar-refractivity contribution in [2.75, 3.05) is 13.1 Å². The van der Waals surface area contributed by atoms with E-state index in [1.165, 1.54) is 4.90 Å². The van der Waals surface area contributed by atoms with E-state index in [1.54, 1.807) is 6.07 Å². The minimum absolute atomic E-state index is 0.0552. The van der Waals surface area contributed by atoms with E-state index < -0.39 is 6.09 Å². The Labute approximate surface area is 172 Å². The normalized spacial score (nSPS) is 15.5. The Morgan fingerprint density at radius 3 is 2.71 bits per heavy atom. The number of hydrogen-bond donors (Lipinski definition) is 1. The van der Waals surface area contributed by atoms with Crippen LogP contribution in [0.15, 0.2) is 48.7 Å². The minimum Gasteiger partial charge on any atom is -0.465 e. The van der Waals surface area contributed by atoms with Crippen molar-refractivity contribution in [2.24, 2.45) is 0 Å². The Hall–Kier alpha value is -2.50. The van der Waals surface area contributed by atoms with E-state index in [0.29, 0.717) is 29.6 Å². The molecule has 2 heterocycles. The second-order valence-electron chi connectivity index (χ2n) is 6.91. The van der Waals surface area contributed by atoms with E-state index in [1.807, 2.05) is 29.1 Å². The smallest absolute Gasteiger partial charge is 0.407 e. The zero-order valence-electron chi connectivity index (χ0n) is 15.3. The van der Waals surface area contributed by atoms with E-state index in [4.69, 9.17) is 28.3 Å². The summed E-state index contributed by atoms with van der Waals surface area (Å²) in [5.41, 5.74) is 4.21. The lowest BCUT2D eigenvalue weighted by molar-refractivity contribution is 0.150. The Balaban J connectivity index is 1.70. The van der Waals surface area contributed by atoms with E-state index in [-0.39, 0.29) is 6.04 Å². The van der Waals surface area contributed by atoms with Crippen LogP contribution in [0.3, 0.4) is 0 Å². The summed E-state index contributed by atoms with van der Waals surface area (Å²) < 4.78 is 1.96. The van der Waals surface area contributed by atoms with Gasteiger partial charge in [0.2, 0.25) is 0 Å². The van der Waals surface area contributed by atoms with Gasteiger partial charge in [-0.05, 0) is 48.2 Å². The van der Waals surface area contributed by atoms with E-state index in [2.05, 4.69) is 30.2 Å². The zero-order chi connectivity index (χ0) is 19.8. The van der Waals surface area contributed by atoms with Gasteiger partial charge in [-0.2, -0.15) is 5.10 Å². The highest BCUT2D eigenvalue weighted by atomic mass is 35.5. The second-order valence-corrected chi connectivity index (χ2v) is 7.76. The molecule has 0 saturated heterocycles. The SMILES string of the molecule is CC(c1ccc(Cl)cc1Cl)n1ncc2ccc(C3=CCN(C(=O)O)CC3)cc21. The Kier molecular flexibility index (Phi) is 5.04. The number of carbonyl (C=O) groups is 1. The third-order valence-electron chi connectivity index (χ3n) is 5.23. The summed E-state index contributed by atoms with van der Waals surface area (Å²) in [6, 6.07) is 11.7. The molecule has 0 saturated carbocycles. The first kappa shape index (κ1) is 18.8. The molecule has 1 atom stereocenters. The van der Waals surface area contributed by atoms with Gasteiger partial charge in [-0.25, -0.2) is 4.79 Å². The molecule has 0 fully saturated rings. The Morgan fingerprint density at radius 1 is 1.21 bits per heavy atom. The second kappa shape index (κ2) is 7.49. The number of nitrogens with zero attached hydrogens (tertiary/aromatic N) is 3. The molecule has 4 rings (SSSR count). The van der Waals surface area contributed by atoms with Crippen molar-refractivity contribution in [3.63, 3.8) is 0 Å². The summed E-state index contributed by atoms with van der Waals surface area (Å²) in [4.78, 5) is 12.5. The molecule has 1 amide bonds. The fourth-order valence-electron chi connectivity index (χ4n) is 3.62. The van der Waals surface area contributed by atoms with E-state index in [9.17, 15) is 4.79 Å². The zero-order valence-corrected chi connectivity index (χ0v) is 16.8. The number of amides is 1. The molecular formula is C21H19Cl2N3O2. The molecule has 0 spiro atoms. The van der Waals surface area contributed by atoms with Crippen LogP contribution in [0, 0.1) is 0 Å². The molecule has 0 bridgehead atoms. The molecule has 28 heavy (non-hydrogen) atoms. The lowest BCUT2D eigenvalue weighted by Gasteiger charge is -2.24. The van der Waals surface area contributed by atoms with Crippen LogP contribution < -0.4 is 0 Å². The third-order valence-corrected chi connectivity index (χ3v) is 5.79. The first-order chi connectivity index (χ1) is 13.4. The maximum atomic E-state index is 11.1. The van der Waals surface area contributed by atoms with Crippen LogP contribution in [-0.2, 0) is 0 Å². The van der Waals surface area contributed by atoms with Gasteiger partial charge in [0, 0.05) is 28.5 Å². The van der Waals surface area contributed by atoms with Gasteiger partial charge < -0.3 is 10.0 Å². The van der Waals surface area contributed by atoms with Gasteiger partial charge >= 0.3 is 6.09 Å². The van der Waals surface area contributed by atoms with Crippen molar-refractivity contribution in [3.8, 4) is 0 Å². The molecule has 7 heteroatoms. The van der Waals surface area contributed by atoms with Crippen LogP contribution in [0.25, 0.3) is 16.5 Å². The van der Waals surface area contributed by atoms with Gasteiger partial charge in [0.15, 0.2) is 0 Å². The van der Waals surface area contributed by atoms with Crippen LogP contribution in [0.4, 0.5) is 4.79 Å². The highest BCUT2D eigenvalue weighted by molar-refractivity contribution is 6.35. The highest BCUT2D eigenvalue weighted by Crippen LogP contribution is 2.32. The molecule has 0 aliphatic carbocycles. The van der Waals surface area contributed by atoms with Crippen LogP contribution in [0.1, 0.15) is 30.5 Å². The van der Waals surface area contributed by atoms with Crippen molar-refractivity contribution >= 4 is 45.8 Å². The van der Waals surface area contributed by atoms with E-state index in [0.717, 1.165) is 27.6 Å². The van der Waals surface area contributed by atoms with Gasteiger partial charge in [-0.1, -0.05) is 47.5 Å². The summed E-state index contributed by atoms with van der Waals surface area (Å²) in [6.45, 7) is 2.98. The standard InChI is InChI=1S/C21H19Cl2N3O2/c1-13(18-5-4-17(22)11-19(18)23)26-20-10-15(2-3-16(20)12-24-26)14-6-8-25(9-7-14)21(27)28/h2-6,10-13H,7-9H2,1H3,(H,27,28). The van der Waals surface area contributed by atoms with Gasteiger partial charge in [0.05, 0.1) is 17.8 Å². The number of fused-ring (bicyclic) bond motifs is 1. The average molecular weight is 416 g/mol. The first-order valence-electron chi connectivity index (χ1n) is 9.03. The molecule has 1 aliphatic rings. The maximum Gasteiger partial charge on any atom is 0.407 e. The number of carboxylic acid groups (broad SMARTS) is 1. The summed E-state index contributed by atoms with van der Waals surface area (Å²) in [5, 5.41) is 16.0. The van der Waals surface area contributed by atoms with Crippen LogP contribution in [0.2, 0.25) is 10.0 Å². The predicted octanol–water partition coefficient (Wildman–Crippen LogP) is 5.72. The lowest BCUT2D eigenvalue weighted by atomic mass is 9.98. The van der Waals surface area contributed by atoms with Crippen molar-refractivity contribution < 1.29 is 9.90 Å². The van der Waals surface area contributed by atoms with Crippen molar-refractivity contribution in [3.05, 3.63) is 69.8 Å². The summed E-state index contributed by atoms with van der Waals surface area (Å²) in [6.07, 6.45) is 3.65. The number of halogens is 2. The highest BCUT2D eigenvalue weighted by Gasteiger charge is 2.19. The molecule has 5 nitrogen and oxygen atoms in total. The maximum absolute atomic E-state index is 11.1. The number of rotatable bonds is 3. The topological polar surface area (TPSA) is 58.4 Å². The summed E-state index contributed by atoms with van der Waals surface area (Å²) >= 11 is 12.4. The molecule has 2 aromatic carbocycles. The molecule has 1 aliphatic heterocycles. The monoisotopic (exact) mass is 415 g/mol. The summed E-state index contributed by atoms with van der Waals surface area (Å²) in [7, 11) is 0. The summed E-state index contributed by atoms with van der Waals surface area (Å²) in [5.74, 6) is 0. The molecule has 1 aromatic heterocycles. The largest absolute Gasteiger partial charge is 0.465 e. The molecule has 1 unspecified atom stereocenters. The number of hydrogen-bond acceptors (Lipinski definition) is 2. The van der Waals surface area contributed by atoms with Gasteiger partial charge in [-0.3, -0.25) is 4.68 Å². The van der Waals surface area contributed by atoms with Crippen molar-refractivity contribution in [1.29, 1.82) is 0 Å². The first-order valence-corrected chi connectivity index (χ1v) is 9.79. The number of aromatic nitrogens is 2. The van der Waals surface area contributed by atoms with Gasteiger partial charge in [0.1, 0.15) is 0 Å². The fourth-order valence-corrected chi connectivity index (χ4v) is 4.19. The van der Waals surface area contributed by atoms with E-state index >= 15 is 0 Å². The molecule has 1 N–H and O–H groups in total. The Bertz CT molecular complexity index is 1090. The number of benzene rings is 2. The Morgan fingerprint density at radius 2 is 2.04 bits per heavy atom. The quantitative estimate of drug-likeness (QED) is 0.594. The van der Waals surface area contributed by atoms with Gasteiger partial charge in [0.25, 0.3) is 0 Å². The fraction of sp³-hybridized carbons (Fsp3) is 0.238. The van der Waals surface area contributed by atoms with Crippen molar-refractivity contribution in [1.82, 2.24) is 14.7 Å². The van der Waals surface area contributed by atoms with Gasteiger partial charge in [-0.15, -0.1) is 0 Å².